The zero-order valence-electron chi connectivity index (χ0n) is 20.9. The van der Waals surface area contributed by atoms with Gasteiger partial charge in [0.2, 0.25) is 0 Å². The molecule has 0 bridgehead atoms. The van der Waals surface area contributed by atoms with Gasteiger partial charge in [0.15, 0.2) is 5.82 Å². The van der Waals surface area contributed by atoms with Crippen molar-refractivity contribution in [1.82, 2.24) is 35.1 Å². The lowest BCUT2D eigenvalue weighted by atomic mass is 9.95. The lowest BCUT2D eigenvalue weighted by molar-refractivity contribution is 0.155. The number of aromatic nitrogens is 6. The highest BCUT2D eigenvalue weighted by atomic mass is 16.5. The van der Waals surface area contributed by atoms with Gasteiger partial charge in [-0.2, -0.15) is 0 Å². The number of hydrogen-bond donors (Lipinski definition) is 1. The predicted octanol–water partition coefficient (Wildman–Crippen LogP) is 4.58. The summed E-state index contributed by atoms with van der Waals surface area (Å²) in [7, 11) is 1.64. The Morgan fingerprint density at radius 2 is 2.03 bits per heavy atom. The summed E-state index contributed by atoms with van der Waals surface area (Å²) in [5.74, 6) is 1.62. The molecule has 3 aromatic heterocycles. The molecule has 1 saturated carbocycles. The van der Waals surface area contributed by atoms with Crippen LogP contribution in [0.25, 0.3) is 10.9 Å². The first-order valence-corrected chi connectivity index (χ1v) is 12.8. The van der Waals surface area contributed by atoms with E-state index in [1.807, 2.05) is 41.2 Å². The van der Waals surface area contributed by atoms with Crippen LogP contribution in [0.5, 0.6) is 5.75 Å². The number of benzene rings is 1. The fraction of sp³-hybridized carbons (Fsp3) is 0.444. The van der Waals surface area contributed by atoms with Crippen LogP contribution < -0.4 is 10.3 Å². The van der Waals surface area contributed by atoms with Gasteiger partial charge in [-0.3, -0.25) is 14.7 Å². The fourth-order valence-electron chi connectivity index (χ4n) is 5.31. The van der Waals surface area contributed by atoms with Gasteiger partial charge in [-0.15, -0.1) is 5.10 Å². The topological polar surface area (TPSA) is 102 Å². The van der Waals surface area contributed by atoms with Crippen molar-refractivity contribution in [3.8, 4) is 5.75 Å². The van der Waals surface area contributed by atoms with Crippen LogP contribution in [-0.2, 0) is 13.1 Å². The smallest absolute Gasteiger partial charge is 0.252 e. The summed E-state index contributed by atoms with van der Waals surface area (Å²) >= 11 is 0. The van der Waals surface area contributed by atoms with Crippen LogP contribution in [0, 0.1) is 0 Å². The van der Waals surface area contributed by atoms with Crippen molar-refractivity contribution >= 4 is 10.9 Å². The number of tetrazole rings is 1. The minimum Gasteiger partial charge on any atom is -0.497 e. The van der Waals surface area contributed by atoms with E-state index in [-0.39, 0.29) is 11.6 Å². The van der Waals surface area contributed by atoms with Gasteiger partial charge in [0.05, 0.1) is 19.2 Å². The molecule has 188 valence electrons. The Morgan fingerprint density at radius 1 is 1.17 bits per heavy atom. The normalized spacial score (nSPS) is 15.4. The van der Waals surface area contributed by atoms with E-state index in [1.165, 1.54) is 19.3 Å². The number of aromatic amines is 1. The summed E-state index contributed by atoms with van der Waals surface area (Å²) in [4.78, 5) is 22.8. The molecule has 1 aliphatic rings. The molecule has 36 heavy (non-hydrogen) atoms. The molecule has 1 aliphatic carbocycles. The molecule has 0 amide bonds. The maximum Gasteiger partial charge on any atom is 0.252 e. The van der Waals surface area contributed by atoms with Crippen LogP contribution in [0.4, 0.5) is 0 Å². The third-order valence-electron chi connectivity index (χ3n) is 7.17. The molecule has 1 fully saturated rings. The molecule has 0 aliphatic heterocycles. The third kappa shape index (κ3) is 5.16. The number of rotatable bonds is 9. The van der Waals surface area contributed by atoms with Gasteiger partial charge in [0, 0.05) is 41.9 Å². The lowest BCUT2D eigenvalue weighted by Crippen LogP contribution is -2.33. The van der Waals surface area contributed by atoms with Gasteiger partial charge < -0.3 is 9.72 Å². The fourth-order valence-corrected chi connectivity index (χ4v) is 5.31. The molecule has 1 atom stereocenters. The lowest BCUT2D eigenvalue weighted by Gasteiger charge is -2.32. The second-order valence-corrected chi connectivity index (χ2v) is 9.54. The van der Waals surface area contributed by atoms with Crippen LogP contribution in [0.2, 0.25) is 0 Å². The van der Waals surface area contributed by atoms with Gasteiger partial charge in [0.1, 0.15) is 5.75 Å². The van der Waals surface area contributed by atoms with Gasteiger partial charge in [-0.1, -0.05) is 32.3 Å². The summed E-state index contributed by atoms with van der Waals surface area (Å²) in [5.41, 5.74) is 2.46. The minimum atomic E-state index is -0.0921. The van der Waals surface area contributed by atoms with E-state index in [0.29, 0.717) is 24.7 Å². The van der Waals surface area contributed by atoms with E-state index in [9.17, 15) is 4.79 Å². The van der Waals surface area contributed by atoms with Crippen molar-refractivity contribution in [2.45, 2.75) is 70.6 Å². The molecule has 4 aromatic rings. The quantitative estimate of drug-likeness (QED) is 0.369. The van der Waals surface area contributed by atoms with Gasteiger partial charge in [-0.25, -0.2) is 4.68 Å². The number of fused-ring (bicyclic) bond motifs is 1. The van der Waals surface area contributed by atoms with Crippen molar-refractivity contribution in [2.24, 2.45) is 0 Å². The largest absolute Gasteiger partial charge is 0.497 e. The monoisotopic (exact) mass is 487 g/mol. The standard InChI is InChI=1S/C27H33N7O2/c1-3-25(26-30-31-32-34(26)22-9-5-4-6-10-22)33(17-19-8-7-13-28-16-19)18-21-14-20-15-23(36-2)11-12-24(20)29-27(21)35/h7-8,11-16,22,25H,3-6,9-10,17-18H2,1-2H3,(H,29,35). The maximum absolute atomic E-state index is 13.1. The maximum atomic E-state index is 13.1. The second kappa shape index (κ2) is 11.0. The summed E-state index contributed by atoms with van der Waals surface area (Å²) < 4.78 is 7.43. The predicted molar refractivity (Wildman–Crippen MR) is 138 cm³/mol. The van der Waals surface area contributed by atoms with E-state index in [2.05, 4.69) is 43.4 Å². The molecule has 0 spiro atoms. The molecule has 0 radical (unpaired) electrons. The highest BCUT2D eigenvalue weighted by Gasteiger charge is 2.29. The zero-order valence-corrected chi connectivity index (χ0v) is 20.9. The number of nitrogens with zero attached hydrogens (tertiary/aromatic N) is 6. The highest BCUT2D eigenvalue weighted by Crippen LogP contribution is 2.32. The molecule has 9 nitrogen and oxygen atoms in total. The zero-order chi connectivity index (χ0) is 24.9. The molecule has 1 aromatic carbocycles. The Kier molecular flexibility index (Phi) is 7.36. The van der Waals surface area contributed by atoms with E-state index >= 15 is 0 Å². The third-order valence-corrected chi connectivity index (χ3v) is 7.17. The first-order chi connectivity index (χ1) is 17.7. The van der Waals surface area contributed by atoms with Crippen LogP contribution in [0.15, 0.2) is 53.6 Å². The van der Waals surface area contributed by atoms with Crippen molar-refractivity contribution < 1.29 is 4.74 Å². The van der Waals surface area contributed by atoms with Crippen molar-refractivity contribution in [2.75, 3.05) is 7.11 Å². The highest BCUT2D eigenvalue weighted by molar-refractivity contribution is 5.80. The summed E-state index contributed by atoms with van der Waals surface area (Å²) in [6.45, 7) is 3.23. The van der Waals surface area contributed by atoms with Crippen LogP contribution in [-0.4, -0.2) is 42.2 Å². The molecular weight excluding hydrogens is 454 g/mol. The van der Waals surface area contributed by atoms with Crippen LogP contribution >= 0.6 is 0 Å². The van der Waals surface area contributed by atoms with E-state index in [1.54, 1.807) is 13.3 Å². The summed E-state index contributed by atoms with van der Waals surface area (Å²) in [6.07, 6.45) is 10.3. The Bertz CT molecular complexity index is 1350. The number of H-pyrrole nitrogens is 1. The Hall–Kier alpha value is -3.59. The SMILES string of the molecule is CCC(c1nnnn1C1CCCCC1)N(Cc1cccnc1)Cc1cc2cc(OC)ccc2[nH]c1=O. The average Bonchev–Trinajstić information content (AvgIpc) is 3.40. The summed E-state index contributed by atoms with van der Waals surface area (Å²) in [5, 5.41) is 13.9. The van der Waals surface area contributed by atoms with E-state index < -0.39 is 0 Å². The number of hydrogen-bond acceptors (Lipinski definition) is 7. The molecule has 1 unspecified atom stereocenters. The number of pyridine rings is 2. The Labute approximate surface area is 210 Å². The van der Waals surface area contributed by atoms with Crippen molar-refractivity contribution in [1.29, 1.82) is 0 Å². The summed E-state index contributed by atoms with van der Waals surface area (Å²) in [6, 6.07) is 11.9. The van der Waals surface area contributed by atoms with Gasteiger partial charge in [0.25, 0.3) is 5.56 Å². The van der Waals surface area contributed by atoms with Crippen LogP contribution in [0.1, 0.15) is 74.5 Å². The van der Waals surface area contributed by atoms with Gasteiger partial charge in [-0.05, 0) is 65.6 Å². The molecule has 5 rings (SSSR count). The number of methoxy groups -OCH3 is 1. The molecule has 1 N–H and O–H groups in total. The van der Waals surface area contributed by atoms with Crippen molar-refractivity contribution in [3.63, 3.8) is 0 Å². The number of nitrogens with one attached hydrogen (secondary N) is 1. The van der Waals surface area contributed by atoms with E-state index in [0.717, 1.165) is 47.3 Å². The van der Waals surface area contributed by atoms with E-state index in [4.69, 9.17) is 4.74 Å². The van der Waals surface area contributed by atoms with Crippen LogP contribution in [0.3, 0.4) is 0 Å². The molecular formula is C27H33N7O2. The van der Waals surface area contributed by atoms with Gasteiger partial charge >= 0.3 is 0 Å². The first kappa shape index (κ1) is 24.1. The molecule has 0 saturated heterocycles. The Balaban J connectivity index is 1.52. The number of ether oxygens (including phenoxy) is 1. The first-order valence-electron chi connectivity index (χ1n) is 12.8. The molecule has 3 heterocycles. The second-order valence-electron chi connectivity index (χ2n) is 9.54. The molecule has 9 heteroatoms. The van der Waals surface area contributed by atoms with Crippen molar-refractivity contribution in [3.05, 3.63) is 76.1 Å². The minimum absolute atomic E-state index is 0.0532. The average molecular weight is 488 g/mol. The Morgan fingerprint density at radius 3 is 2.78 bits per heavy atom.